The second-order valence-corrected chi connectivity index (χ2v) is 7.60. The lowest BCUT2D eigenvalue weighted by molar-refractivity contribution is 0.321. The first-order chi connectivity index (χ1) is 11.1. The van der Waals surface area contributed by atoms with Gasteiger partial charge in [-0.05, 0) is 71.4 Å². The summed E-state index contributed by atoms with van der Waals surface area (Å²) in [6.45, 7) is 4.57. The minimum Gasteiger partial charge on any atom is -0.197 e. The van der Waals surface area contributed by atoms with Crippen molar-refractivity contribution in [2.45, 2.75) is 51.4 Å². The molecule has 1 nitrogen and oxygen atoms in total. The average Bonchev–Trinajstić information content (AvgIpc) is 2.87. The van der Waals surface area contributed by atoms with Crippen molar-refractivity contribution in [3.63, 3.8) is 0 Å². The maximum atomic E-state index is 9.82. The third-order valence-corrected chi connectivity index (χ3v) is 5.66. The van der Waals surface area contributed by atoms with Crippen LogP contribution in [0.4, 0.5) is 0 Å². The molecule has 2 aromatic rings. The molecule has 0 unspecified atom stereocenters. The van der Waals surface area contributed by atoms with Crippen LogP contribution in [-0.2, 0) is 18.3 Å². The second kappa shape index (κ2) is 5.24. The van der Waals surface area contributed by atoms with E-state index >= 15 is 0 Å². The lowest BCUT2D eigenvalue weighted by Crippen LogP contribution is -2.34. The van der Waals surface area contributed by atoms with E-state index in [1.54, 1.807) is 0 Å². The first-order valence-electron chi connectivity index (χ1n) is 8.79. The topological polar surface area (TPSA) is 23.8 Å². The molecule has 0 heterocycles. The maximum Gasteiger partial charge on any atom is 0.0825 e. The Morgan fingerprint density at radius 3 is 2.52 bits per heavy atom. The van der Waals surface area contributed by atoms with Gasteiger partial charge in [0, 0.05) is 0 Å². The predicted molar refractivity (Wildman–Crippen MR) is 94.4 cm³/mol. The summed E-state index contributed by atoms with van der Waals surface area (Å²) in [7, 11) is 0. The van der Waals surface area contributed by atoms with Crippen LogP contribution in [0, 0.1) is 17.2 Å². The van der Waals surface area contributed by atoms with E-state index in [0.29, 0.717) is 5.92 Å². The molecule has 4 rings (SSSR count). The molecule has 0 aliphatic heterocycles. The van der Waals surface area contributed by atoms with Crippen molar-refractivity contribution in [1.82, 2.24) is 0 Å². The third-order valence-electron chi connectivity index (χ3n) is 5.66. The number of hydrogen-bond acceptors (Lipinski definition) is 1. The van der Waals surface area contributed by atoms with Crippen LogP contribution in [0.15, 0.2) is 36.4 Å². The Balaban J connectivity index is 1.91. The minimum absolute atomic E-state index is 0.214. The normalized spacial score (nSPS) is 17.3. The Bertz CT molecular complexity index is 803. The molecule has 116 valence electrons. The zero-order chi connectivity index (χ0) is 16.0. The van der Waals surface area contributed by atoms with Gasteiger partial charge in [0.1, 0.15) is 0 Å². The van der Waals surface area contributed by atoms with Gasteiger partial charge in [0.2, 0.25) is 0 Å². The molecule has 0 N–H and O–H groups in total. The van der Waals surface area contributed by atoms with Gasteiger partial charge in [0.05, 0.1) is 11.5 Å². The van der Waals surface area contributed by atoms with E-state index in [0.717, 1.165) is 25.7 Å². The minimum atomic E-state index is -0.214. The Hall–Kier alpha value is -2.07. The van der Waals surface area contributed by atoms with E-state index < -0.39 is 0 Å². The van der Waals surface area contributed by atoms with Gasteiger partial charge in [-0.15, -0.1) is 0 Å². The summed E-state index contributed by atoms with van der Waals surface area (Å²) in [5.41, 5.74) is 8.28. The summed E-state index contributed by atoms with van der Waals surface area (Å²) >= 11 is 0. The molecule has 0 saturated heterocycles. The molecule has 0 aromatic heterocycles. The Morgan fingerprint density at radius 1 is 1.09 bits per heavy atom. The number of benzene rings is 2. The summed E-state index contributed by atoms with van der Waals surface area (Å²) in [5.74, 6) is 0.611. The first kappa shape index (κ1) is 14.5. The van der Waals surface area contributed by atoms with E-state index in [1.165, 1.54) is 39.8 Å². The van der Waals surface area contributed by atoms with E-state index in [4.69, 9.17) is 0 Å². The quantitative estimate of drug-likeness (QED) is 0.635. The van der Waals surface area contributed by atoms with Crippen LogP contribution >= 0.6 is 0 Å². The van der Waals surface area contributed by atoms with Gasteiger partial charge >= 0.3 is 0 Å². The smallest absolute Gasteiger partial charge is 0.0825 e. The van der Waals surface area contributed by atoms with Crippen molar-refractivity contribution >= 4 is 0 Å². The van der Waals surface area contributed by atoms with E-state index in [1.807, 2.05) is 0 Å². The fraction of sp³-hybridized carbons (Fsp3) is 0.409. The van der Waals surface area contributed by atoms with Gasteiger partial charge in [-0.3, -0.25) is 0 Å². The van der Waals surface area contributed by atoms with Gasteiger partial charge in [0.25, 0.3) is 0 Å². The van der Waals surface area contributed by atoms with E-state index in [2.05, 4.69) is 56.3 Å². The van der Waals surface area contributed by atoms with Crippen LogP contribution in [0.5, 0.6) is 0 Å². The molecular formula is C22H23N. The van der Waals surface area contributed by atoms with Crippen molar-refractivity contribution in [2.24, 2.45) is 5.92 Å². The highest BCUT2D eigenvalue weighted by Gasteiger charge is 2.41. The van der Waals surface area contributed by atoms with Crippen molar-refractivity contribution in [2.75, 3.05) is 0 Å². The van der Waals surface area contributed by atoms with Crippen LogP contribution in [0.25, 0.3) is 11.1 Å². The molecule has 1 fully saturated rings. The number of nitrogens with zero attached hydrogens (tertiary/aromatic N) is 1. The summed E-state index contributed by atoms with van der Waals surface area (Å²) in [4.78, 5) is 0. The van der Waals surface area contributed by atoms with Crippen LogP contribution < -0.4 is 0 Å². The van der Waals surface area contributed by atoms with Crippen molar-refractivity contribution in [3.8, 4) is 17.2 Å². The standard InChI is InChI=1S/C22H23N/c1-15(2)12-20-19-13-16-6-3-4-7-17(16)18(19)8-9-21(20)22(14-23)10-5-11-22/h3-4,6-9,15H,5,10-13H2,1-2H3. The van der Waals surface area contributed by atoms with Gasteiger partial charge in [0.15, 0.2) is 0 Å². The van der Waals surface area contributed by atoms with Crippen molar-refractivity contribution in [1.29, 1.82) is 5.26 Å². The van der Waals surface area contributed by atoms with Gasteiger partial charge in [-0.2, -0.15) is 5.26 Å². The lowest BCUT2D eigenvalue weighted by Gasteiger charge is -2.38. The molecule has 0 bridgehead atoms. The highest BCUT2D eigenvalue weighted by atomic mass is 14.5. The van der Waals surface area contributed by atoms with Crippen molar-refractivity contribution < 1.29 is 0 Å². The zero-order valence-corrected chi connectivity index (χ0v) is 14.0. The average molecular weight is 301 g/mol. The highest BCUT2D eigenvalue weighted by Crippen LogP contribution is 2.48. The molecule has 1 heteroatoms. The van der Waals surface area contributed by atoms with Gasteiger partial charge in [-0.25, -0.2) is 0 Å². The zero-order valence-electron chi connectivity index (χ0n) is 14.0. The summed E-state index contributed by atoms with van der Waals surface area (Å²) in [6, 6.07) is 16.0. The molecule has 2 aromatic carbocycles. The molecule has 2 aliphatic rings. The summed E-state index contributed by atoms with van der Waals surface area (Å²) < 4.78 is 0. The maximum absolute atomic E-state index is 9.82. The second-order valence-electron chi connectivity index (χ2n) is 7.60. The molecule has 1 saturated carbocycles. The number of nitriles is 1. The predicted octanol–water partition coefficient (Wildman–Crippen LogP) is 5.40. The summed E-state index contributed by atoms with van der Waals surface area (Å²) in [5, 5.41) is 9.82. The van der Waals surface area contributed by atoms with Crippen LogP contribution in [0.2, 0.25) is 0 Å². The van der Waals surface area contributed by atoms with Crippen molar-refractivity contribution in [3.05, 3.63) is 58.7 Å². The summed E-state index contributed by atoms with van der Waals surface area (Å²) in [6.07, 6.45) is 5.35. The van der Waals surface area contributed by atoms with E-state index in [9.17, 15) is 5.26 Å². The first-order valence-corrected chi connectivity index (χ1v) is 8.79. The highest BCUT2D eigenvalue weighted by molar-refractivity contribution is 5.79. The molecule has 23 heavy (non-hydrogen) atoms. The molecule has 2 aliphatic carbocycles. The van der Waals surface area contributed by atoms with Crippen LogP contribution in [0.3, 0.4) is 0 Å². The van der Waals surface area contributed by atoms with Crippen LogP contribution in [0.1, 0.15) is 55.4 Å². The third kappa shape index (κ3) is 2.12. The van der Waals surface area contributed by atoms with E-state index in [-0.39, 0.29) is 5.41 Å². The van der Waals surface area contributed by atoms with Gasteiger partial charge in [-0.1, -0.05) is 50.2 Å². The Kier molecular flexibility index (Phi) is 3.31. The Morgan fingerprint density at radius 2 is 1.87 bits per heavy atom. The fourth-order valence-corrected chi connectivity index (χ4v) is 4.34. The molecule has 0 spiro atoms. The fourth-order valence-electron chi connectivity index (χ4n) is 4.34. The largest absolute Gasteiger partial charge is 0.197 e. The molecule has 0 amide bonds. The van der Waals surface area contributed by atoms with Gasteiger partial charge < -0.3 is 0 Å². The number of hydrogen-bond donors (Lipinski definition) is 0. The molecular weight excluding hydrogens is 278 g/mol. The monoisotopic (exact) mass is 301 g/mol. The lowest BCUT2D eigenvalue weighted by atomic mass is 9.63. The number of fused-ring (bicyclic) bond motifs is 3. The SMILES string of the molecule is CC(C)Cc1c(C2(C#N)CCC2)ccc2c1Cc1ccccc1-2. The molecule has 0 radical (unpaired) electrons. The van der Waals surface area contributed by atoms with Crippen LogP contribution in [-0.4, -0.2) is 0 Å². The Labute approximate surface area is 139 Å². The number of rotatable bonds is 3. The molecule has 0 atom stereocenters.